The van der Waals surface area contributed by atoms with Crippen LogP contribution in [0.2, 0.25) is 0 Å². The molecule has 3 rings (SSSR count). The molecule has 1 aliphatic heterocycles. The van der Waals surface area contributed by atoms with Crippen LogP contribution in [0, 0.1) is 0 Å². The lowest BCUT2D eigenvalue weighted by molar-refractivity contribution is -0.129. The Morgan fingerprint density at radius 2 is 1.74 bits per heavy atom. The third kappa shape index (κ3) is 4.50. The number of carbonyl (C=O) groups is 2. The summed E-state index contributed by atoms with van der Waals surface area (Å²) in [5, 5.41) is 10.4. The predicted octanol–water partition coefficient (Wildman–Crippen LogP) is 3.63. The molecule has 0 spiro atoms. The zero-order valence-electron chi connectivity index (χ0n) is 18.2. The molecule has 0 radical (unpaired) electrons. The molecule has 1 atom stereocenters. The highest BCUT2D eigenvalue weighted by Gasteiger charge is 2.42. The van der Waals surface area contributed by atoms with Crippen LogP contribution in [0.5, 0.6) is 17.2 Å². The summed E-state index contributed by atoms with van der Waals surface area (Å²) in [7, 11) is 3.13. The van der Waals surface area contributed by atoms with E-state index in [0.29, 0.717) is 36.8 Å². The van der Waals surface area contributed by atoms with Gasteiger partial charge in [0.05, 0.1) is 32.4 Å². The van der Waals surface area contributed by atoms with E-state index in [-0.39, 0.29) is 11.4 Å². The summed E-state index contributed by atoms with van der Waals surface area (Å²) in [5.41, 5.74) is 1.78. The van der Waals surface area contributed by atoms with E-state index in [1.54, 1.807) is 32.4 Å². The highest BCUT2D eigenvalue weighted by atomic mass is 16.5. The summed E-state index contributed by atoms with van der Waals surface area (Å²) in [6.07, 6.45) is 0.512. The third-order valence-electron chi connectivity index (χ3n) is 5.28. The highest BCUT2D eigenvalue weighted by molar-refractivity contribution is 6.08. The second-order valence-electron chi connectivity index (χ2n) is 7.16. The molecule has 1 amide bonds. The second kappa shape index (κ2) is 9.55. The number of hydrogen-bond donors (Lipinski definition) is 1. The Bertz CT molecular complexity index is 996. The van der Waals surface area contributed by atoms with E-state index >= 15 is 0 Å². The van der Waals surface area contributed by atoms with Gasteiger partial charge in [0, 0.05) is 6.54 Å². The number of ketones is 1. The van der Waals surface area contributed by atoms with Gasteiger partial charge in [0.25, 0.3) is 5.91 Å². The molecular formula is C24H27NO6. The van der Waals surface area contributed by atoms with Gasteiger partial charge in [-0.1, -0.05) is 18.2 Å². The minimum Gasteiger partial charge on any atom is -0.503 e. The van der Waals surface area contributed by atoms with Crippen molar-refractivity contribution in [1.29, 1.82) is 0 Å². The first kappa shape index (κ1) is 22.2. The number of methoxy groups -OCH3 is 2. The van der Waals surface area contributed by atoms with Crippen molar-refractivity contribution in [1.82, 2.24) is 4.90 Å². The highest BCUT2D eigenvalue weighted by Crippen LogP contribution is 2.38. The minimum atomic E-state index is -0.652. The molecule has 0 bridgehead atoms. The van der Waals surface area contributed by atoms with Gasteiger partial charge in [-0.15, -0.1) is 0 Å². The van der Waals surface area contributed by atoms with E-state index in [4.69, 9.17) is 14.2 Å². The fourth-order valence-electron chi connectivity index (χ4n) is 3.79. The van der Waals surface area contributed by atoms with Gasteiger partial charge in [-0.3, -0.25) is 9.59 Å². The first-order valence-electron chi connectivity index (χ1n) is 10.1. The number of rotatable bonds is 9. The van der Waals surface area contributed by atoms with Gasteiger partial charge in [0.15, 0.2) is 23.0 Å². The first-order chi connectivity index (χ1) is 14.9. The predicted molar refractivity (Wildman–Crippen MR) is 116 cm³/mol. The lowest BCUT2D eigenvalue weighted by Crippen LogP contribution is -2.32. The van der Waals surface area contributed by atoms with Crippen LogP contribution in [0.1, 0.15) is 31.0 Å². The van der Waals surface area contributed by atoms with Crippen LogP contribution in [0.15, 0.2) is 53.8 Å². The topological polar surface area (TPSA) is 85.3 Å². The Kier molecular flexibility index (Phi) is 6.84. The first-order valence-corrected chi connectivity index (χ1v) is 10.1. The molecule has 0 aromatic heterocycles. The fraction of sp³-hybridized carbons (Fsp3) is 0.333. The average molecular weight is 425 g/mol. The second-order valence-corrected chi connectivity index (χ2v) is 7.16. The Balaban J connectivity index is 1.88. The van der Waals surface area contributed by atoms with Crippen molar-refractivity contribution in [3.8, 4) is 17.2 Å². The summed E-state index contributed by atoms with van der Waals surface area (Å²) in [6.45, 7) is 4.11. The molecule has 7 heteroatoms. The molecule has 0 saturated heterocycles. The smallest absolute Gasteiger partial charge is 0.290 e. The molecule has 2 aromatic carbocycles. The normalized spacial score (nSPS) is 15.9. The number of aliphatic hydroxyl groups is 1. The molecular weight excluding hydrogens is 398 g/mol. The Hall–Kier alpha value is -3.48. The third-order valence-corrected chi connectivity index (χ3v) is 5.28. The summed E-state index contributed by atoms with van der Waals surface area (Å²) < 4.78 is 16.1. The van der Waals surface area contributed by atoms with E-state index < -0.39 is 17.7 Å². The number of amides is 1. The van der Waals surface area contributed by atoms with Crippen molar-refractivity contribution in [3.05, 3.63) is 64.9 Å². The lowest BCUT2D eigenvalue weighted by Gasteiger charge is -2.27. The van der Waals surface area contributed by atoms with Crippen molar-refractivity contribution in [2.75, 3.05) is 27.4 Å². The van der Waals surface area contributed by atoms with E-state index in [1.807, 2.05) is 31.2 Å². The largest absolute Gasteiger partial charge is 0.503 e. The molecule has 1 N–H and O–H groups in total. The SMILES string of the molecule is CCOc1ccc(C2C(C(C)=O)=C(O)C(=O)N2CCc2ccc(OC)c(OC)c2)cc1. The number of carbonyl (C=O) groups excluding carboxylic acids is 2. The number of ether oxygens (including phenoxy) is 3. The van der Waals surface area contributed by atoms with Crippen molar-refractivity contribution in [2.24, 2.45) is 0 Å². The van der Waals surface area contributed by atoms with Gasteiger partial charge in [-0.05, 0) is 55.7 Å². The van der Waals surface area contributed by atoms with Gasteiger partial charge in [0.1, 0.15) is 5.75 Å². The van der Waals surface area contributed by atoms with Crippen LogP contribution in [0.3, 0.4) is 0 Å². The van der Waals surface area contributed by atoms with Crippen LogP contribution >= 0.6 is 0 Å². The van der Waals surface area contributed by atoms with Crippen LogP contribution < -0.4 is 14.2 Å². The number of hydrogen-bond acceptors (Lipinski definition) is 6. The molecule has 2 aromatic rings. The quantitative estimate of drug-likeness (QED) is 0.660. The number of nitrogens with zero attached hydrogens (tertiary/aromatic N) is 1. The number of aliphatic hydroxyl groups excluding tert-OH is 1. The molecule has 1 heterocycles. The number of Topliss-reactive ketones (excluding diaryl/α,β-unsaturated/α-hetero) is 1. The fourth-order valence-corrected chi connectivity index (χ4v) is 3.79. The molecule has 31 heavy (non-hydrogen) atoms. The Labute approximate surface area is 181 Å². The maximum absolute atomic E-state index is 12.8. The summed E-state index contributed by atoms with van der Waals surface area (Å²) in [4.78, 5) is 26.6. The maximum atomic E-state index is 12.8. The molecule has 0 aliphatic carbocycles. The molecule has 1 unspecified atom stereocenters. The van der Waals surface area contributed by atoms with Gasteiger partial charge in [-0.25, -0.2) is 0 Å². The standard InChI is InChI=1S/C24H27NO6/c1-5-31-18-9-7-17(8-10-18)22-21(15(2)26)23(27)24(28)25(22)13-12-16-6-11-19(29-3)20(14-16)30-4/h6-11,14,22,27H,5,12-13H2,1-4H3. The molecule has 7 nitrogen and oxygen atoms in total. The van der Waals surface area contributed by atoms with Gasteiger partial charge < -0.3 is 24.2 Å². The molecule has 1 aliphatic rings. The van der Waals surface area contributed by atoms with E-state index in [2.05, 4.69) is 0 Å². The molecule has 0 saturated carbocycles. The van der Waals surface area contributed by atoms with Gasteiger partial charge >= 0.3 is 0 Å². The van der Waals surface area contributed by atoms with Crippen LogP contribution in [0.4, 0.5) is 0 Å². The summed E-state index contributed by atoms with van der Waals surface area (Å²) in [6, 6.07) is 12.1. The maximum Gasteiger partial charge on any atom is 0.290 e. The monoisotopic (exact) mass is 425 g/mol. The zero-order chi connectivity index (χ0) is 22.5. The van der Waals surface area contributed by atoms with E-state index in [9.17, 15) is 14.7 Å². The summed E-state index contributed by atoms with van der Waals surface area (Å²) in [5.74, 6) is 0.543. The van der Waals surface area contributed by atoms with E-state index in [1.165, 1.54) is 11.8 Å². The number of benzene rings is 2. The van der Waals surface area contributed by atoms with Crippen LogP contribution in [-0.2, 0) is 16.0 Å². The Morgan fingerprint density at radius 3 is 2.32 bits per heavy atom. The van der Waals surface area contributed by atoms with Crippen molar-refractivity contribution < 1.29 is 28.9 Å². The van der Waals surface area contributed by atoms with Crippen molar-refractivity contribution >= 4 is 11.7 Å². The van der Waals surface area contributed by atoms with Gasteiger partial charge in [-0.2, -0.15) is 0 Å². The van der Waals surface area contributed by atoms with Crippen LogP contribution in [0.25, 0.3) is 0 Å². The molecule has 0 fully saturated rings. The minimum absolute atomic E-state index is 0.112. The Morgan fingerprint density at radius 1 is 1.06 bits per heavy atom. The summed E-state index contributed by atoms with van der Waals surface area (Å²) >= 11 is 0. The van der Waals surface area contributed by atoms with Crippen molar-refractivity contribution in [2.45, 2.75) is 26.3 Å². The van der Waals surface area contributed by atoms with Crippen molar-refractivity contribution in [3.63, 3.8) is 0 Å². The lowest BCUT2D eigenvalue weighted by atomic mass is 9.96. The average Bonchev–Trinajstić information content (AvgIpc) is 3.03. The van der Waals surface area contributed by atoms with E-state index in [0.717, 1.165) is 11.1 Å². The van der Waals surface area contributed by atoms with Gasteiger partial charge in [0.2, 0.25) is 0 Å². The zero-order valence-corrected chi connectivity index (χ0v) is 18.2. The molecule has 164 valence electrons. The van der Waals surface area contributed by atoms with Crippen LogP contribution in [-0.4, -0.2) is 49.1 Å².